The minimum atomic E-state index is -3.55. The maximum Gasteiger partial charge on any atom is 0.250 e. The van der Waals surface area contributed by atoms with Gasteiger partial charge in [-0.15, -0.1) is 23.1 Å². The molecule has 0 saturated carbocycles. The molecule has 0 amide bonds. The number of aliphatic hydroxyl groups excluding tert-OH is 1. The lowest BCUT2D eigenvalue weighted by Crippen LogP contribution is -2.28. The van der Waals surface area contributed by atoms with Crippen LogP contribution in [-0.2, 0) is 10.0 Å². The molecule has 2 rings (SSSR count). The number of sulfonamides is 1. The molecule has 1 heterocycles. The van der Waals surface area contributed by atoms with Crippen molar-refractivity contribution < 1.29 is 13.5 Å². The van der Waals surface area contributed by atoms with Gasteiger partial charge in [0.1, 0.15) is 4.21 Å². The summed E-state index contributed by atoms with van der Waals surface area (Å²) in [6.07, 6.45) is 1.11. The lowest BCUT2D eigenvalue weighted by atomic mass is 10.1. The first-order valence-corrected chi connectivity index (χ1v) is 9.83. The van der Waals surface area contributed by atoms with Crippen LogP contribution in [0.2, 0.25) is 0 Å². The number of nitrogens with one attached hydrogen (secondary N) is 1. The predicted molar refractivity (Wildman–Crippen MR) is 87.4 cm³/mol. The van der Waals surface area contributed by atoms with Crippen molar-refractivity contribution in [2.45, 2.75) is 22.1 Å². The molecule has 0 saturated heterocycles. The highest BCUT2D eigenvalue weighted by Gasteiger charge is 2.18. The van der Waals surface area contributed by atoms with Crippen molar-refractivity contribution in [1.82, 2.24) is 4.72 Å². The Balaban J connectivity index is 2.01. The van der Waals surface area contributed by atoms with E-state index in [0.29, 0.717) is 5.56 Å². The second-order valence-corrected chi connectivity index (χ2v) is 8.67. The van der Waals surface area contributed by atoms with Gasteiger partial charge in [-0.25, -0.2) is 13.1 Å². The van der Waals surface area contributed by atoms with Gasteiger partial charge in [-0.1, -0.05) is 12.1 Å². The van der Waals surface area contributed by atoms with Crippen molar-refractivity contribution in [1.29, 1.82) is 0 Å². The summed E-state index contributed by atoms with van der Waals surface area (Å²) >= 11 is 2.83. The standard InChI is InChI=1S/C14H17NO3S3/c1-10-3-8-14(20-10)21(17,18)15-9-13(16)11-4-6-12(19-2)7-5-11/h3-8,13,15-16H,9H2,1-2H3. The Morgan fingerprint density at radius 3 is 2.43 bits per heavy atom. The van der Waals surface area contributed by atoms with E-state index in [-0.39, 0.29) is 10.8 Å². The van der Waals surface area contributed by atoms with Gasteiger partial charge in [0.2, 0.25) is 10.0 Å². The minimum absolute atomic E-state index is 0.0438. The molecule has 2 N–H and O–H groups in total. The fourth-order valence-corrected chi connectivity index (χ4v) is 4.53. The number of aryl methyl sites for hydroxylation is 1. The van der Waals surface area contributed by atoms with E-state index in [1.807, 2.05) is 25.3 Å². The Labute approximate surface area is 133 Å². The molecular formula is C14H17NO3S3. The minimum Gasteiger partial charge on any atom is -0.387 e. The van der Waals surface area contributed by atoms with E-state index >= 15 is 0 Å². The van der Waals surface area contributed by atoms with E-state index in [1.165, 1.54) is 11.3 Å². The summed E-state index contributed by atoms with van der Waals surface area (Å²) in [4.78, 5) is 2.03. The van der Waals surface area contributed by atoms with Gasteiger partial charge in [-0.3, -0.25) is 0 Å². The molecule has 0 spiro atoms. The number of thiophene rings is 1. The van der Waals surface area contributed by atoms with Crippen LogP contribution in [0, 0.1) is 6.92 Å². The Hall–Kier alpha value is -0.860. The third-order valence-corrected chi connectivity index (χ3v) is 6.61. The Kier molecular flexibility index (Phi) is 5.45. The molecule has 2 aromatic rings. The van der Waals surface area contributed by atoms with E-state index in [0.717, 1.165) is 9.77 Å². The van der Waals surface area contributed by atoms with Crippen LogP contribution in [0.4, 0.5) is 0 Å². The van der Waals surface area contributed by atoms with Crippen molar-refractivity contribution >= 4 is 33.1 Å². The molecule has 1 atom stereocenters. The lowest BCUT2D eigenvalue weighted by molar-refractivity contribution is 0.182. The predicted octanol–water partition coefficient (Wildman–Crippen LogP) is 2.79. The molecule has 0 aliphatic heterocycles. The van der Waals surface area contributed by atoms with E-state index in [4.69, 9.17) is 0 Å². The molecule has 1 unspecified atom stereocenters. The largest absolute Gasteiger partial charge is 0.387 e. The number of hydrogen-bond acceptors (Lipinski definition) is 5. The number of hydrogen-bond donors (Lipinski definition) is 2. The van der Waals surface area contributed by atoms with Crippen LogP contribution in [0.1, 0.15) is 16.5 Å². The monoisotopic (exact) mass is 343 g/mol. The van der Waals surface area contributed by atoms with Crippen molar-refractivity contribution in [2.24, 2.45) is 0 Å². The first-order chi connectivity index (χ1) is 9.92. The van der Waals surface area contributed by atoms with Crippen LogP contribution in [0.25, 0.3) is 0 Å². The average molecular weight is 343 g/mol. The molecule has 0 aliphatic rings. The summed E-state index contributed by atoms with van der Waals surface area (Å²) in [5, 5.41) is 10.1. The third-order valence-electron chi connectivity index (χ3n) is 2.95. The SMILES string of the molecule is CSc1ccc(C(O)CNS(=O)(=O)c2ccc(C)s2)cc1. The summed E-state index contributed by atoms with van der Waals surface area (Å²) in [5.74, 6) is 0. The molecule has 0 aliphatic carbocycles. The Bertz CT molecular complexity index is 693. The molecule has 1 aromatic heterocycles. The normalized spacial score (nSPS) is 13.3. The summed E-state index contributed by atoms with van der Waals surface area (Å²) in [6.45, 7) is 1.81. The molecule has 21 heavy (non-hydrogen) atoms. The van der Waals surface area contributed by atoms with Gasteiger partial charge in [-0.2, -0.15) is 0 Å². The first kappa shape index (κ1) is 16.5. The number of benzene rings is 1. The summed E-state index contributed by atoms with van der Waals surface area (Å²) in [6, 6.07) is 10.7. The van der Waals surface area contributed by atoms with Crippen LogP contribution in [-0.4, -0.2) is 26.3 Å². The van der Waals surface area contributed by atoms with Gasteiger partial charge in [0.15, 0.2) is 0 Å². The zero-order valence-corrected chi connectivity index (χ0v) is 14.2. The lowest BCUT2D eigenvalue weighted by Gasteiger charge is -2.12. The second-order valence-electron chi connectivity index (χ2n) is 4.51. The maximum atomic E-state index is 12.1. The van der Waals surface area contributed by atoms with Crippen LogP contribution in [0.15, 0.2) is 45.5 Å². The topological polar surface area (TPSA) is 66.4 Å². The quantitative estimate of drug-likeness (QED) is 0.792. The van der Waals surface area contributed by atoms with Crippen molar-refractivity contribution in [3.05, 3.63) is 46.8 Å². The van der Waals surface area contributed by atoms with Gasteiger partial charge >= 0.3 is 0 Å². The van der Waals surface area contributed by atoms with E-state index in [9.17, 15) is 13.5 Å². The highest BCUT2D eigenvalue weighted by molar-refractivity contribution is 7.98. The molecule has 7 heteroatoms. The van der Waals surface area contributed by atoms with Gasteiger partial charge in [-0.05, 0) is 43.0 Å². The summed E-state index contributed by atoms with van der Waals surface area (Å²) < 4.78 is 26.8. The average Bonchev–Trinajstić information content (AvgIpc) is 2.92. The maximum absolute atomic E-state index is 12.1. The van der Waals surface area contributed by atoms with Gasteiger partial charge in [0.25, 0.3) is 0 Å². The molecule has 1 aromatic carbocycles. The Morgan fingerprint density at radius 2 is 1.90 bits per heavy atom. The van der Waals surface area contributed by atoms with Crippen molar-refractivity contribution in [3.63, 3.8) is 0 Å². The molecular weight excluding hydrogens is 326 g/mol. The van der Waals surface area contributed by atoms with Crippen LogP contribution < -0.4 is 4.72 Å². The highest BCUT2D eigenvalue weighted by atomic mass is 32.2. The van der Waals surface area contributed by atoms with Crippen LogP contribution in [0.5, 0.6) is 0 Å². The number of thioether (sulfide) groups is 1. The summed E-state index contributed by atoms with van der Waals surface area (Å²) in [7, 11) is -3.55. The number of aliphatic hydroxyl groups is 1. The van der Waals surface area contributed by atoms with Crippen molar-refractivity contribution in [2.75, 3.05) is 12.8 Å². The van der Waals surface area contributed by atoms with Gasteiger partial charge in [0, 0.05) is 16.3 Å². The molecule has 0 fully saturated rings. The van der Waals surface area contributed by atoms with E-state index in [2.05, 4.69) is 4.72 Å². The summed E-state index contributed by atoms with van der Waals surface area (Å²) in [5.41, 5.74) is 0.692. The third kappa shape index (κ3) is 4.31. The fourth-order valence-electron chi connectivity index (χ4n) is 1.76. The van der Waals surface area contributed by atoms with Crippen molar-refractivity contribution in [3.8, 4) is 0 Å². The molecule has 0 bridgehead atoms. The number of rotatable bonds is 6. The second kappa shape index (κ2) is 6.93. The zero-order valence-electron chi connectivity index (χ0n) is 11.7. The Morgan fingerprint density at radius 1 is 1.24 bits per heavy atom. The first-order valence-electron chi connectivity index (χ1n) is 6.30. The molecule has 0 radical (unpaired) electrons. The van der Waals surface area contributed by atoms with Crippen LogP contribution in [0.3, 0.4) is 0 Å². The van der Waals surface area contributed by atoms with Gasteiger partial charge in [0.05, 0.1) is 6.10 Å². The fraction of sp³-hybridized carbons (Fsp3) is 0.286. The smallest absolute Gasteiger partial charge is 0.250 e. The zero-order chi connectivity index (χ0) is 15.5. The van der Waals surface area contributed by atoms with E-state index < -0.39 is 16.1 Å². The molecule has 4 nitrogen and oxygen atoms in total. The van der Waals surface area contributed by atoms with Crippen LogP contribution >= 0.6 is 23.1 Å². The molecule has 114 valence electrons. The highest BCUT2D eigenvalue weighted by Crippen LogP contribution is 2.22. The van der Waals surface area contributed by atoms with Gasteiger partial charge < -0.3 is 5.11 Å². The van der Waals surface area contributed by atoms with E-state index in [1.54, 1.807) is 36.0 Å².